The molecule has 2 aromatic heterocycles. The van der Waals surface area contributed by atoms with Gasteiger partial charge in [-0.15, -0.1) is 16.4 Å². The van der Waals surface area contributed by atoms with E-state index in [4.69, 9.17) is 4.74 Å². The standard InChI is InChI=1S/C14H15N5OS/c1-2-13-14(21-9-16-13)5-12(1)19-7-11(17-18-19)6-15-10-3-4-20-8-10/h1-2,5,7,9-10,15H,3-4,6,8H2. The molecule has 0 saturated carbocycles. The summed E-state index contributed by atoms with van der Waals surface area (Å²) in [6.45, 7) is 2.35. The van der Waals surface area contributed by atoms with Crippen molar-refractivity contribution in [2.24, 2.45) is 0 Å². The largest absolute Gasteiger partial charge is 0.380 e. The maximum absolute atomic E-state index is 5.34. The van der Waals surface area contributed by atoms with Gasteiger partial charge in [0, 0.05) is 19.2 Å². The number of ether oxygens (including phenoxy) is 1. The van der Waals surface area contributed by atoms with E-state index in [1.54, 1.807) is 16.0 Å². The Bertz CT molecular complexity index is 747. The normalized spacial score (nSPS) is 18.6. The number of hydrogen-bond acceptors (Lipinski definition) is 6. The van der Waals surface area contributed by atoms with Crippen LogP contribution in [0.15, 0.2) is 29.9 Å². The van der Waals surface area contributed by atoms with Gasteiger partial charge in [-0.25, -0.2) is 9.67 Å². The van der Waals surface area contributed by atoms with Gasteiger partial charge in [0.1, 0.15) is 0 Å². The molecule has 0 radical (unpaired) electrons. The van der Waals surface area contributed by atoms with Gasteiger partial charge in [0.05, 0.1) is 39.9 Å². The summed E-state index contributed by atoms with van der Waals surface area (Å²) in [5.74, 6) is 0. The van der Waals surface area contributed by atoms with Gasteiger partial charge in [-0.1, -0.05) is 5.21 Å². The molecule has 1 unspecified atom stereocenters. The highest BCUT2D eigenvalue weighted by Gasteiger charge is 2.15. The Hall–Kier alpha value is -1.83. The number of nitrogens with zero attached hydrogens (tertiary/aromatic N) is 4. The van der Waals surface area contributed by atoms with Crippen molar-refractivity contribution in [1.82, 2.24) is 25.3 Å². The Balaban J connectivity index is 1.50. The molecule has 3 aromatic rings. The lowest BCUT2D eigenvalue weighted by atomic mass is 10.2. The fraction of sp³-hybridized carbons (Fsp3) is 0.357. The third kappa shape index (κ3) is 2.67. The van der Waals surface area contributed by atoms with Crippen LogP contribution in [-0.4, -0.2) is 39.2 Å². The Labute approximate surface area is 125 Å². The number of rotatable bonds is 4. The van der Waals surface area contributed by atoms with Crippen molar-refractivity contribution in [2.75, 3.05) is 13.2 Å². The van der Waals surface area contributed by atoms with E-state index in [9.17, 15) is 0 Å². The molecule has 1 saturated heterocycles. The summed E-state index contributed by atoms with van der Waals surface area (Å²) in [5.41, 5.74) is 4.82. The Kier molecular flexibility index (Phi) is 3.38. The molecule has 7 heteroatoms. The lowest BCUT2D eigenvalue weighted by Crippen LogP contribution is -2.28. The summed E-state index contributed by atoms with van der Waals surface area (Å²) in [4.78, 5) is 4.28. The zero-order valence-electron chi connectivity index (χ0n) is 11.4. The van der Waals surface area contributed by atoms with Crippen molar-refractivity contribution in [3.63, 3.8) is 0 Å². The molecule has 1 N–H and O–H groups in total. The van der Waals surface area contributed by atoms with Crippen LogP contribution in [0.5, 0.6) is 0 Å². The molecule has 108 valence electrons. The van der Waals surface area contributed by atoms with Crippen molar-refractivity contribution >= 4 is 21.6 Å². The van der Waals surface area contributed by atoms with Gasteiger partial charge in [-0.3, -0.25) is 0 Å². The highest BCUT2D eigenvalue weighted by Crippen LogP contribution is 2.20. The Morgan fingerprint density at radius 1 is 1.43 bits per heavy atom. The molecule has 1 aliphatic rings. The number of fused-ring (bicyclic) bond motifs is 1. The van der Waals surface area contributed by atoms with Crippen molar-refractivity contribution in [2.45, 2.75) is 19.0 Å². The van der Waals surface area contributed by atoms with Crippen LogP contribution in [-0.2, 0) is 11.3 Å². The van der Waals surface area contributed by atoms with Gasteiger partial charge in [0.15, 0.2) is 0 Å². The molecule has 0 aliphatic carbocycles. The quantitative estimate of drug-likeness (QED) is 0.795. The van der Waals surface area contributed by atoms with Crippen molar-refractivity contribution < 1.29 is 4.74 Å². The van der Waals surface area contributed by atoms with E-state index < -0.39 is 0 Å². The lowest BCUT2D eigenvalue weighted by Gasteiger charge is -2.07. The minimum atomic E-state index is 0.434. The van der Waals surface area contributed by atoms with Crippen molar-refractivity contribution in [3.05, 3.63) is 35.6 Å². The molecule has 3 heterocycles. The Morgan fingerprint density at radius 3 is 3.33 bits per heavy atom. The number of benzene rings is 1. The molecule has 1 aliphatic heterocycles. The third-order valence-corrected chi connectivity index (χ3v) is 4.41. The van der Waals surface area contributed by atoms with Crippen LogP contribution in [0, 0.1) is 0 Å². The lowest BCUT2D eigenvalue weighted by molar-refractivity contribution is 0.189. The van der Waals surface area contributed by atoms with E-state index in [1.165, 1.54) is 0 Å². The zero-order chi connectivity index (χ0) is 14.1. The van der Waals surface area contributed by atoms with E-state index in [0.717, 1.165) is 47.8 Å². The SMILES string of the molecule is c1nc2ccc(-n3cc(CNC4CCOC4)nn3)cc2s1. The van der Waals surface area contributed by atoms with E-state index in [0.29, 0.717) is 6.04 Å². The van der Waals surface area contributed by atoms with E-state index >= 15 is 0 Å². The predicted octanol–water partition coefficient (Wildman–Crippen LogP) is 1.76. The second kappa shape index (κ2) is 5.51. The molecule has 6 nitrogen and oxygen atoms in total. The maximum Gasteiger partial charge on any atom is 0.0969 e. The molecular weight excluding hydrogens is 286 g/mol. The number of hydrogen-bond donors (Lipinski definition) is 1. The van der Waals surface area contributed by atoms with Crippen LogP contribution in [0.1, 0.15) is 12.1 Å². The smallest absolute Gasteiger partial charge is 0.0969 e. The van der Waals surface area contributed by atoms with Gasteiger partial charge in [0.2, 0.25) is 0 Å². The van der Waals surface area contributed by atoms with Gasteiger partial charge in [0.25, 0.3) is 0 Å². The molecule has 1 atom stereocenters. The van der Waals surface area contributed by atoms with Crippen molar-refractivity contribution in [1.29, 1.82) is 0 Å². The fourth-order valence-corrected chi connectivity index (χ4v) is 3.15. The van der Waals surface area contributed by atoms with Crippen molar-refractivity contribution in [3.8, 4) is 5.69 Å². The summed E-state index contributed by atoms with van der Waals surface area (Å²) in [6, 6.07) is 6.54. The average Bonchev–Trinajstić information content (AvgIpc) is 3.25. The number of thiazole rings is 1. The minimum absolute atomic E-state index is 0.434. The van der Waals surface area contributed by atoms with Crippen LogP contribution in [0.2, 0.25) is 0 Å². The molecule has 4 rings (SSSR count). The van der Waals surface area contributed by atoms with E-state index in [1.807, 2.05) is 23.8 Å². The highest BCUT2D eigenvalue weighted by molar-refractivity contribution is 7.16. The monoisotopic (exact) mass is 301 g/mol. The number of aromatic nitrogens is 4. The van der Waals surface area contributed by atoms with Crippen LogP contribution < -0.4 is 5.32 Å². The van der Waals surface area contributed by atoms with Crippen LogP contribution >= 0.6 is 11.3 Å². The van der Waals surface area contributed by atoms with E-state index in [-0.39, 0.29) is 0 Å². The van der Waals surface area contributed by atoms with Crippen LogP contribution in [0.3, 0.4) is 0 Å². The summed E-state index contributed by atoms with van der Waals surface area (Å²) >= 11 is 1.63. The summed E-state index contributed by atoms with van der Waals surface area (Å²) in [6.07, 6.45) is 3.03. The zero-order valence-corrected chi connectivity index (χ0v) is 12.2. The average molecular weight is 301 g/mol. The molecular formula is C14H15N5OS. The first kappa shape index (κ1) is 12.9. The second-order valence-electron chi connectivity index (χ2n) is 5.10. The minimum Gasteiger partial charge on any atom is -0.380 e. The van der Waals surface area contributed by atoms with Crippen LogP contribution in [0.4, 0.5) is 0 Å². The molecule has 0 spiro atoms. The van der Waals surface area contributed by atoms with Gasteiger partial charge >= 0.3 is 0 Å². The number of nitrogens with one attached hydrogen (secondary N) is 1. The first-order valence-corrected chi connectivity index (χ1v) is 7.82. The maximum atomic E-state index is 5.34. The molecule has 1 aromatic carbocycles. The topological polar surface area (TPSA) is 64.9 Å². The first-order valence-electron chi connectivity index (χ1n) is 6.94. The fourth-order valence-electron chi connectivity index (χ4n) is 2.44. The van der Waals surface area contributed by atoms with E-state index in [2.05, 4.69) is 26.7 Å². The van der Waals surface area contributed by atoms with Gasteiger partial charge in [-0.2, -0.15) is 0 Å². The highest BCUT2D eigenvalue weighted by atomic mass is 32.1. The second-order valence-corrected chi connectivity index (χ2v) is 5.99. The molecule has 21 heavy (non-hydrogen) atoms. The predicted molar refractivity (Wildman–Crippen MR) is 80.6 cm³/mol. The molecule has 0 bridgehead atoms. The van der Waals surface area contributed by atoms with Crippen LogP contribution in [0.25, 0.3) is 15.9 Å². The summed E-state index contributed by atoms with van der Waals surface area (Å²) < 4.78 is 8.31. The van der Waals surface area contributed by atoms with Gasteiger partial charge in [-0.05, 0) is 24.6 Å². The first-order chi connectivity index (χ1) is 10.4. The molecule has 1 fully saturated rings. The Morgan fingerprint density at radius 2 is 2.43 bits per heavy atom. The molecule has 0 amide bonds. The van der Waals surface area contributed by atoms with Gasteiger partial charge < -0.3 is 10.1 Å². The summed E-state index contributed by atoms with van der Waals surface area (Å²) in [7, 11) is 0. The summed E-state index contributed by atoms with van der Waals surface area (Å²) in [5, 5.41) is 11.9. The third-order valence-electron chi connectivity index (χ3n) is 3.62.